The molecular formula is C19H25NO4. The lowest BCUT2D eigenvalue weighted by atomic mass is 10.2. The van der Waals surface area contributed by atoms with E-state index in [1.807, 2.05) is 45.0 Å². The number of carbonyl (C=O) groups is 2. The SMILES string of the molecule is C=C(C)CN(CC)C(=O)COC(=O)/C=C/c1ccccc1OCC. The number of ether oxygens (including phenoxy) is 2. The molecule has 0 unspecified atom stereocenters. The summed E-state index contributed by atoms with van der Waals surface area (Å²) in [5, 5.41) is 0. The van der Waals surface area contributed by atoms with Gasteiger partial charge >= 0.3 is 5.97 Å². The lowest BCUT2D eigenvalue weighted by Crippen LogP contribution is -2.35. The van der Waals surface area contributed by atoms with Gasteiger partial charge in [0.25, 0.3) is 5.91 Å². The number of hydrogen-bond acceptors (Lipinski definition) is 4. The fourth-order valence-corrected chi connectivity index (χ4v) is 2.04. The van der Waals surface area contributed by atoms with E-state index >= 15 is 0 Å². The zero-order valence-corrected chi connectivity index (χ0v) is 14.6. The van der Waals surface area contributed by atoms with E-state index in [0.717, 1.165) is 11.1 Å². The van der Waals surface area contributed by atoms with E-state index in [0.29, 0.717) is 25.4 Å². The lowest BCUT2D eigenvalue weighted by Gasteiger charge is -2.20. The van der Waals surface area contributed by atoms with Crippen LogP contribution in [0.25, 0.3) is 6.08 Å². The van der Waals surface area contributed by atoms with Crippen molar-refractivity contribution in [1.82, 2.24) is 4.90 Å². The second-order valence-electron chi connectivity index (χ2n) is 5.28. The molecule has 0 aliphatic heterocycles. The highest BCUT2D eigenvalue weighted by Gasteiger charge is 2.13. The van der Waals surface area contributed by atoms with Crippen LogP contribution in [0, 0.1) is 0 Å². The standard InChI is InChI=1S/C19H25NO4/c1-5-20(13-15(3)4)18(21)14-24-19(22)12-11-16-9-7-8-10-17(16)23-6-2/h7-12H,3,5-6,13-14H2,1-2,4H3/b12-11+. The molecule has 0 saturated carbocycles. The molecule has 5 nitrogen and oxygen atoms in total. The molecule has 0 fully saturated rings. The summed E-state index contributed by atoms with van der Waals surface area (Å²) in [5.41, 5.74) is 1.66. The van der Waals surface area contributed by atoms with Crippen molar-refractivity contribution in [3.05, 3.63) is 48.1 Å². The lowest BCUT2D eigenvalue weighted by molar-refractivity contribution is -0.147. The first-order chi connectivity index (χ1) is 11.5. The highest BCUT2D eigenvalue weighted by Crippen LogP contribution is 2.19. The van der Waals surface area contributed by atoms with E-state index in [4.69, 9.17) is 9.47 Å². The monoisotopic (exact) mass is 331 g/mol. The van der Waals surface area contributed by atoms with Crippen LogP contribution in [0.3, 0.4) is 0 Å². The first-order valence-corrected chi connectivity index (χ1v) is 7.96. The number of carbonyl (C=O) groups excluding carboxylic acids is 2. The first-order valence-electron chi connectivity index (χ1n) is 7.96. The zero-order valence-electron chi connectivity index (χ0n) is 14.6. The van der Waals surface area contributed by atoms with Crippen LogP contribution in [0.5, 0.6) is 5.75 Å². The van der Waals surface area contributed by atoms with Gasteiger partial charge in [0, 0.05) is 24.7 Å². The molecule has 1 aromatic carbocycles. The van der Waals surface area contributed by atoms with E-state index in [9.17, 15) is 9.59 Å². The third-order valence-corrected chi connectivity index (χ3v) is 3.15. The third kappa shape index (κ3) is 6.69. The largest absolute Gasteiger partial charge is 0.493 e. The van der Waals surface area contributed by atoms with Crippen molar-refractivity contribution in [1.29, 1.82) is 0 Å². The maximum Gasteiger partial charge on any atom is 0.331 e. The average Bonchev–Trinajstić information content (AvgIpc) is 2.56. The van der Waals surface area contributed by atoms with Crippen LogP contribution in [-0.2, 0) is 14.3 Å². The Labute approximate surface area is 143 Å². The Hall–Kier alpha value is -2.56. The van der Waals surface area contributed by atoms with E-state index in [1.54, 1.807) is 11.0 Å². The Morgan fingerprint density at radius 1 is 1.25 bits per heavy atom. The molecule has 130 valence electrons. The number of benzene rings is 1. The molecule has 1 aromatic rings. The Kier molecular flexibility index (Phi) is 8.33. The topological polar surface area (TPSA) is 55.8 Å². The highest BCUT2D eigenvalue weighted by atomic mass is 16.5. The quantitative estimate of drug-likeness (QED) is 0.396. The predicted molar refractivity (Wildman–Crippen MR) is 94.7 cm³/mol. The second-order valence-corrected chi connectivity index (χ2v) is 5.28. The minimum absolute atomic E-state index is 0.239. The van der Waals surface area contributed by atoms with E-state index < -0.39 is 5.97 Å². The molecule has 0 atom stereocenters. The molecule has 5 heteroatoms. The number of rotatable bonds is 9. The van der Waals surface area contributed by atoms with Crippen LogP contribution >= 0.6 is 0 Å². The minimum atomic E-state index is -0.568. The Morgan fingerprint density at radius 2 is 1.96 bits per heavy atom. The molecule has 1 rings (SSSR count). The van der Waals surface area contributed by atoms with Gasteiger partial charge in [-0.25, -0.2) is 4.79 Å². The van der Waals surface area contributed by atoms with Crippen LogP contribution in [0.15, 0.2) is 42.5 Å². The number of hydrogen-bond donors (Lipinski definition) is 0. The van der Waals surface area contributed by atoms with Gasteiger partial charge in [-0.05, 0) is 32.9 Å². The van der Waals surface area contributed by atoms with Crippen molar-refractivity contribution < 1.29 is 19.1 Å². The van der Waals surface area contributed by atoms with Crippen LogP contribution in [0.4, 0.5) is 0 Å². The van der Waals surface area contributed by atoms with Gasteiger partial charge in [-0.3, -0.25) is 4.79 Å². The summed E-state index contributed by atoms with van der Waals surface area (Å²) in [6, 6.07) is 7.38. The number of likely N-dealkylation sites (N-methyl/N-ethyl adjacent to an activating group) is 1. The third-order valence-electron chi connectivity index (χ3n) is 3.15. The molecule has 0 aromatic heterocycles. The van der Waals surface area contributed by atoms with Gasteiger partial charge < -0.3 is 14.4 Å². The summed E-state index contributed by atoms with van der Waals surface area (Å²) >= 11 is 0. The number of esters is 1. The average molecular weight is 331 g/mol. The van der Waals surface area contributed by atoms with Gasteiger partial charge in [-0.15, -0.1) is 0 Å². The van der Waals surface area contributed by atoms with Crippen LogP contribution in [0.2, 0.25) is 0 Å². The zero-order chi connectivity index (χ0) is 17.9. The first kappa shape index (κ1) is 19.5. The van der Waals surface area contributed by atoms with Gasteiger partial charge in [-0.2, -0.15) is 0 Å². The number of nitrogens with zero attached hydrogens (tertiary/aromatic N) is 1. The molecule has 0 aliphatic rings. The van der Waals surface area contributed by atoms with Gasteiger partial charge in [0.1, 0.15) is 5.75 Å². The second kappa shape index (κ2) is 10.3. The summed E-state index contributed by atoms with van der Waals surface area (Å²) in [5.74, 6) is -0.114. The van der Waals surface area contributed by atoms with Crippen molar-refractivity contribution in [3.8, 4) is 5.75 Å². The number of amides is 1. The Morgan fingerprint density at radius 3 is 2.58 bits per heavy atom. The molecule has 1 amide bonds. The maximum atomic E-state index is 12.0. The minimum Gasteiger partial charge on any atom is -0.493 e. The smallest absolute Gasteiger partial charge is 0.331 e. The van der Waals surface area contributed by atoms with Crippen molar-refractivity contribution in [2.24, 2.45) is 0 Å². The molecule has 0 spiro atoms. The normalized spacial score (nSPS) is 10.5. The van der Waals surface area contributed by atoms with Crippen molar-refractivity contribution in [3.63, 3.8) is 0 Å². The summed E-state index contributed by atoms with van der Waals surface area (Å²) in [6.07, 6.45) is 2.91. The number of para-hydroxylation sites is 1. The van der Waals surface area contributed by atoms with Gasteiger partial charge in [-0.1, -0.05) is 30.4 Å². The molecule has 0 radical (unpaired) electrons. The Bertz CT molecular complexity index is 607. The fourth-order valence-electron chi connectivity index (χ4n) is 2.04. The summed E-state index contributed by atoms with van der Waals surface area (Å²) in [6.45, 7) is 10.7. The molecule has 0 saturated heterocycles. The molecular weight excluding hydrogens is 306 g/mol. The highest BCUT2D eigenvalue weighted by molar-refractivity contribution is 5.89. The maximum absolute atomic E-state index is 12.0. The summed E-state index contributed by atoms with van der Waals surface area (Å²) in [7, 11) is 0. The van der Waals surface area contributed by atoms with Gasteiger partial charge in [0.15, 0.2) is 6.61 Å². The van der Waals surface area contributed by atoms with E-state index in [1.165, 1.54) is 6.08 Å². The molecule has 0 N–H and O–H groups in total. The molecule has 0 bridgehead atoms. The van der Waals surface area contributed by atoms with Crippen molar-refractivity contribution >= 4 is 18.0 Å². The van der Waals surface area contributed by atoms with Crippen LogP contribution in [0.1, 0.15) is 26.3 Å². The van der Waals surface area contributed by atoms with E-state index in [2.05, 4.69) is 6.58 Å². The molecule has 0 heterocycles. The Balaban J connectivity index is 2.57. The van der Waals surface area contributed by atoms with Crippen LogP contribution < -0.4 is 4.74 Å². The summed E-state index contributed by atoms with van der Waals surface area (Å²) in [4.78, 5) is 25.4. The van der Waals surface area contributed by atoms with E-state index in [-0.39, 0.29) is 12.5 Å². The predicted octanol–water partition coefficient (Wildman–Crippen LogP) is 3.07. The van der Waals surface area contributed by atoms with Gasteiger partial charge in [0.05, 0.1) is 6.61 Å². The summed E-state index contributed by atoms with van der Waals surface area (Å²) < 4.78 is 10.5. The van der Waals surface area contributed by atoms with Crippen molar-refractivity contribution in [2.45, 2.75) is 20.8 Å². The molecule has 24 heavy (non-hydrogen) atoms. The fraction of sp³-hybridized carbons (Fsp3) is 0.368. The molecule has 0 aliphatic carbocycles. The van der Waals surface area contributed by atoms with Crippen molar-refractivity contribution in [2.75, 3.05) is 26.3 Å². The van der Waals surface area contributed by atoms with Crippen LogP contribution in [-0.4, -0.2) is 43.1 Å². The van der Waals surface area contributed by atoms with Gasteiger partial charge in [0.2, 0.25) is 0 Å².